The molecule has 0 atom stereocenters. The molecule has 0 saturated carbocycles. The number of likely N-dealkylation sites (tertiary alicyclic amines) is 1. The first-order valence-corrected chi connectivity index (χ1v) is 9.47. The predicted molar refractivity (Wildman–Crippen MR) is 107 cm³/mol. The van der Waals surface area contributed by atoms with Gasteiger partial charge in [0, 0.05) is 31.5 Å². The van der Waals surface area contributed by atoms with Crippen molar-refractivity contribution in [2.75, 3.05) is 32.5 Å². The molecule has 2 aromatic rings. The average molecular weight is 389 g/mol. The third kappa shape index (κ3) is 5.11. The van der Waals surface area contributed by atoms with Gasteiger partial charge in [-0.2, -0.15) is 0 Å². The van der Waals surface area contributed by atoms with Gasteiger partial charge in [-0.25, -0.2) is 0 Å². The Morgan fingerprint density at radius 2 is 2.19 bits per heavy atom. The molecule has 6 nitrogen and oxygen atoms in total. The number of benzene rings is 1. The van der Waals surface area contributed by atoms with Gasteiger partial charge >= 0.3 is 0 Å². The zero-order chi connectivity index (χ0) is 19.2. The first kappa shape index (κ1) is 19.5. The fourth-order valence-corrected chi connectivity index (χ4v) is 3.51. The fraction of sp³-hybridized carbons (Fsp3) is 0.400. The maximum absolute atomic E-state index is 12.5. The number of piperidine rings is 1. The van der Waals surface area contributed by atoms with Crippen LogP contribution in [0.15, 0.2) is 36.7 Å². The normalized spacial score (nSPS) is 15.5. The van der Waals surface area contributed by atoms with Crippen molar-refractivity contribution in [2.24, 2.45) is 5.92 Å². The van der Waals surface area contributed by atoms with Crippen LogP contribution in [0.25, 0.3) is 0 Å². The van der Waals surface area contributed by atoms with Crippen molar-refractivity contribution in [3.05, 3.63) is 52.8 Å². The third-order valence-corrected chi connectivity index (χ3v) is 5.28. The minimum Gasteiger partial charge on any atom is -0.496 e. The van der Waals surface area contributed by atoms with Gasteiger partial charge in [-0.3, -0.25) is 14.7 Å². The number of nitrogens with one attached hydrogen (secondary N) is 1. The van der Waals surface area contributed by atoms with E-state index in [0.717, 1.165) is 32.5 Å². The van der Waals surface area contributed by atoms with Crippen molar-refractivity contribution in [3.63, 3.8) is 0 Å². The van der Waals surface area contributed by atoms with E-state index >= 15 is 0 Å². The molecule has 7 heteroatoms. The number of nitrogen functional groups attached to an aromatic ring is 1. The maximum atomic E-state index is 12.5. The molecule has 0 unspecified atom stereocenters. The van der Waals surface area contributed by atoms with Crippen molar-refractivity contribution >= 4 is 23.2 Å². The maximum Gasteiger partial charge on any atom is 0.255 e. The van der Waals surface area contributed by atoms with Crippen LogP contribution in [-0.4, -0.2) is 42.5 Å². The molecule has 3 N–H and O–H groups in total. The number of hydrogen-bond acceptors (Lipinski definition) is 5. The molecular weight excluding hydrogens is 364 g/mol. The Kier molecular flexibility index (Phi) is 6.53. The van der Waals surface area contributed by atoms with E-state index in [1.807, 2.05) is 12.3 Å². The molecule has 1 saturated heterocycles. The Morgan fingerprint density at radius 1 is 1.41 bits per heavy atom. The first-order valence-electron chi connectivity index (χ1n) is 9.09. The second kappa shape index (κ2) is 9.06. The van der Waals surface area contributed by atoms with Crippen LogP contribution in [0.3, 0.4) is 0 Å². The summed E-state index contributed by atoms with van der Waals surface area (Å²) in [6.07, 6.45) is 5.82. The van der Waals surface area contributed by atoms with Crippen LogP contribution >= 0.6 is 11.6 Å². The number of amides is 1. The second-order valence-electron chi connectivity index (χ2n) is 6.86. The molecule has 1 aromatic carbocycles. The van der Waals surface area contributed by atoms with Crippen LogP contribution in [0.1, 0.15) is 28.8 Å². The topological polar surface area (TPSA) is 80.5 Å². The fourth-order valence-electron chi connectivity index (χ4n) is 3.35. The molecule has 0 bridgehead atoms. The van der Waals surface area contributed by atoms with E-state index < -0.39 is 0 Å². The van der Waals surface area contributed by atoms with Gasteiger partial charge in [0.15, 0.2) is 0 Å². The Morgan fingerprint density at radius 3 is 2.85 bits per heavy atom. The number of carbonyl (C=O) groups is 1. The Hall–Kier alpha value is -2.31. The van der Waals surface area contributed by atoms with Gasteiger partial charge in [-0.05, 0) is 49.5 Å². The highest BCUT2D eigenvalue weighted by Gasteiger charge is 2.21. The molecule has 0 aliphatic carbocycles. The standard InChI is InChI=1S/C20H25ClN4O2/c1-27-19-10-18(22)17(21)9-16(19)20(26)24-12-14-4-7-25(8-5-14)13-15-3-2-6-23-11-15/h2-3,6,9-11,14H,4-5,7-8,12-13,22H2,1H3,(H,24,26). The highest BCUT2D eigenvalue weighted by atomic mass is 35.5. The molecule has 27 heavy (non-hydrogen) atoms. The number of hydrogen-bond donors (Lipinski definition) is 2. The Bertz CT molecular complexity index is 777. The van der Waals surface area contributed by atoms with E-state index in [4.69, 9.17) is 22.1 Å². The molecule has 1 amide bonds. The lowest BCUT2D eigenvalue weighted by Crippen LogP contribution is -2.38. The van der Waals surface area contributed by atoms with Gasteiger partial charge < -0.3 is 15.8 Å². The van der Waals surface area contributed by atoms with E-state index in [1.165, 1.54) is 12.7 Å². The van der Waals surface area contributed by atoms with Crippen LogP contribution < -0.4 is 15.8 Å². The summed E-state index contributed by atoms with van der Waals surface area (Å²) in [5.74, 6) is 0.710. The summed E-state index contributed by atoms with van der Waals surface area (Å²) >= 11 is 6.05. The van der Waals surface area contributed by atoms with E-state index in [9.17, 15) is 4.79 Å². The summed E-state index contributed by atoms with van der Waals surface area (Å²) in [5.41, 5.74) is 7.81. The highest BCUT2D eigenvalue weighted by Crippen LogP contribution is 2.29. The molecule has 144 valence electrons. The number of anilines is 1. The van der Waals surface area contributed by atoms with E-state index in [2.05, 4.69) is 21.3 Å². The van der Waals surface area contributed by atoms with Gasteiger partial charge in [0.2, 0.25) is 0 Å². The lowest BCUT2D eigenvalue weighted by Gasteiger charge is -2.32. The van der Waals surface area contributed by atoms with Crippen LogP contribution in [-0.2, 0) is 6.54 Å². The SMILES string of the molecule is COc1cc(N)c(Cl)cc1C(=O)NCC1CCN(Cc2cccnc2)CC1. The largest absolute Gasteiger partial charge is 0.496 e. The van der Waals surface area contributed by atoms with Crippen molar-refractivity contribution in [3.8, 4) is 5.75 Å². The number of ether oxygens (including phenoxy) is 1. The smallest absolute Gasteiger partial charge is 0.255 e. The van der Waals surface area contributed by atoms with Crippen molar-refractivity contribution in [1.82, 2.24) is 15.2 Å². The van der Waals surface area contributed by atoms with E-state index in [0.29, 0.717) is 34.5 Å². The Labute approximate surface area is 164 Å². The minimum atomic E-state index is -0.188. The average Bonchev–Trinajstić information content (AvgIpc) is 2.69. The van der Waals surface area contributed by atoms with Crippen LogP contribution in [0.5, 0.6) is 5.75 Å². The van der Waals surface area contributed by atoms with E-state index in [-0.39, 0.29) is 5.91 Å². The second-order valence-corrected chi connectivity index (χ2v) is 7.27. The zero-order valence-corrected chi connectivity index (χ0v) is 16.2. The lowest BCUT2D eigenvalue weighted by molar-refractivity contribution is 0.0932. The molecular formula is C20H25ClN4O2. The summed E-state index contributed by atoms with van der Waals surface area (Å²) in [6, 6.07) is 7.20. The summed E-state index contributed by atoms with van der Waals surface area (Å²) in [7, 11) is 1.51. The van der Waals surface area contributed by atoms with E-state index in [1.54, 1.807) is 18.3 Å². The molecule has 3 rings (SSSR count). The number of nitrogens with zero attached hydrogens (tertiary/aromatic N) is 2. The summed E-state index contributed by atoms with van der Waals surface area (Å²) in [5, 5.41) is 3.36. The quantitative estimate of drug-likeness (QED) is 0.743. The summed E-state index contributed by atoms with van der Waals surface area (Å²) < 4.78 is 5.25. The number of halogens is 1. The van der Waals surface area contributed by atoms with Crippen molar-refractivity contribution in [2.45, 2.75) is 19.4 Å². The number of nitrogens with two attached hydrogens (primary N) is 1. The molecule has 2 heterocycles. The van der Waals surface area contributed by atoms with Crippen molar-refractivity contribution < 1.29 is 9.53 Å². The Balaban J connectivity index is 1.49. The number of pyridine rings is 1. The molecule has 1 aromatic heterocycles. The number of rotatable bonds is 6. The third-order valence-electron chi connectivity index (χ3n) is 4.95. The van der Waals surface area contributed by atoms with Gasteiger partial charge in [0.05, 0.1) is 23.4 Å². The monoisotopic (exact) mass is 388 g/mol. The van der Waals surface area contributed by atoms with Crippen LogP contribution in [0.2, 0.25) is 5.02 Å². The van der Waals surface area contributed by atoms with Gasteiger partial charge in [-0.1, -0.05) is 17.7 Å². The number of methoxy groups -OCH3 is 1. The summed E-state index contributed by atoms with van der Waals surface area (Å²) in [4.78, 5) is 19.1. The zero-order valence-electron chi connectivity index (χ0n) is 15.5. The number of aromatic nitrogens is 1. The van der Waals surface area contributed by atoms with Crippen LogP contribution in [0.4, 0.5) is 5.69 Å². The molecule has 0 radical (unpaired) electrons. The highest BCUT2D eigenvalue weighted by molar-refractivity contribution is 6.33. The molecule has 0 spiro atoms. The number of carbonyl (C=O) groups excluding carboxylic acids is 1. The first-order chi connectivity index (χ1) is 13.1. The van der Waals surface area contributed by atoms with Crippen LogP contribution in [0, 0.1) is 5.92 Å². The molecule has 1 fully saturated rings. The minimum absolute atomic E-state index is 0.188. The van der Waals surface area contributed by atoms with Gasteiger partial charge in [-0.15, -0.1) is 0 Å². The van der Waals surface area contributed by atoms with Crippen molar-refractivity contribution in [1.29, 1.82) is 0 Å². The predicted octanol–water partition coefficient (Wildman–Crippen LogP) is 2.97. The van der Waals surface area contributed by atoms with Gasteiger partial charge in [0.1, 0.15) is 5.75 Å². The lowest BCUT2D eigenvalue weighted by atomic mass is 9.96. The molecule has 1 aliphatic heterocycles. The van der Waals surface area contributed by atoms with Gasteiger partial charge in [0.25, 0.3) is 5.91 Å². The summed E-state index contributed by atoms with van der Waals surface area (Å²) in [6.45, 7) is 3.61. The molecule has 1 aliphatic rings.